The molecule has 2 fully saturated rings. The molecule has 1 aromatic carbocycles. The average Bonchev–Trinajstić information content (AvgIpc) is 2.81. The van der Waals surface area contributed by atoms with Gasteiger partial charge in [0.2, 0.25) is 5.91 Å². The monoisotopic (exact) mass is 357 g/mol. The lowest BCUT2D eigenvalue weighted by atomic mass is 9.85. The molecule has 26 heavy (non-hydrogen) atoms. The Morgan fingerprint density at radius 3 is 2.50 bits per heavy atom. The zero-order chi connectivity index (χ0) is 18.8. The highest BCUT2D eigenvalue weighted by Gasteiger charge is 2.49. The van der Waals surface area contributed by atoms with Crippen molar-refractivity contribution >= 4 is 29.4 Å². The molecule has 1 saturated heterocycles. The Morgan fingerprint density at radius 2 is 1.81 bits per heavy atom. The molecule has 1 N–H and O–H groups in total. The second-order valence-corrected chi connectivity index (χ2v) is 7.04. The number of hydrogen-bond donors (Lipinski definition) is 1. The van der Waals surface area contributed by atoms with E-state index in [9.17, 15) is 19.2 Å². The van der Waals surface area contributed by atoms with Crippen molar-refractivity contribution in [3.8, 4) is 0 Å². The number of anilines is 1. The summed E-state index contributed by atoms with van der Waals surface area (Å²) >= 11 is 0. The van der Waals surface area contributed by atoms with E-state index in [4.69, 9.17) is 0 Å². The minimum Gasteiger partial charge on any atom is -0.324 e. The Kier molecular flexibility index (Phi) is 5.06. The van der Waals surface area contributed by atoms with E-state index in [1.54, 1.807) is 12.1 Å². The molecular formula is C19H23N3O4. The molecule has 0 radical (unpaired) electrons. The molecule has 3 rings (SSSR count). The Hall–Kier alpha value is -2.70. The summed E-state index contributed by atoms with van der Waals surface area (Å²) in [6, 6.07) is 6.26. The van der Waals surface area contributed by atoms with Gasteiger partial charge < -0.3 is 5.32 Å². The van der Waals surface area contributed by atoms with Crippen molar-refractivity contribution in [1.82, 2.24) is 9.80 Å². The summed E-state index contributed by atoms with van der Waals surface area (Å²) in [5.74, 6) is -2.09. The number of nitrogens with zero attached hydrogens (tertiary/aromatic N) is 2. The molecule has 1 aliphatic heterocycles. The van der Waals surface area contributed by atoms with E-state index in [1.807, 2.05) is 26.0 Å². The third kappa shape index (κ3) is 3.34. The molecule has 138 valence electrons. The first-order chi connectivity index (χ1) is 12.4. The van der Waals surface area contributed by atoms with Gasteiger partial charge in [0.15, 0.2) is 0 Å². The fourth-order valence-electron chi connectivity index (χ4n) is 3.68. The SMILES string of the molecule is Cc1ccccc1NC(=O)CN1C(=O)C(=O)N([C@@H]2CCCC[C@H]2C)C1=O. The van der Waals surface area contributed by atoms with Crippen LogP contribution in [0.3, 0.4) is 0 Å². The predicted octanol–water partition coefficient (Wildman–Crippen LogP) is 2.30. The number of nitrogens with one attached hydrogen (secondary N) is 1. The van der Waals surface area contributed by atoms with E-state index in [2.05, 4.69) is 5.32 Å². The van der Waals surface area contributed by atoms with Gasteiger partial charge in [0.1, 0.15) is 6.54 Å². The molecule has 1 heterocycles. The minimum absolute atomic E-state index is 0.158. The number of benzene rings is 1. The number of hydrogen-bond acceptors (Lipinski definition) is 4. The molecule has 2 atom stereocenters. The summed E-state index contributed by atoms with van der Waals surface area (Å²) in [7, 11) is 0. The van der Waals surface area contributed by atoms with Crippen LogP contribution in [-0.4, -0.2) is 46.1 Å². The quantitative estimate of drug-likeness (QED) is 0.662. The molecular weight excluding hydrogens is 334 g/mol. The second-order valence-electron chi connectivity index (χ2n) is 7.04. The maximum absolute atomic E-state index is 12.7. The van der Waals surface area contributed by atoms with E-state index >= 15 is 0 Å². The molecule has 0 unspecified atom stereocenters. The van der Waals surface area contributed by atoms with Gasteiger partial charge in [-0.1, -0.05) is 38.0 Å². The summed E-state index contributed by atoms with van der Waals surface area (Å²) in [6.07, 6.45) is 3.61. The number of carbonyl (C=O) groups excluding carboxylic acids is 4. The second kappa shape index (κ2) is 7.27. The number of rotatable bonds is 4. The molecule has 0 bridgehead atoms. The predicted molar refractivity (Wildman–Crippen MR) is 95.2 cm³/mol. The van der Waals surface area contributed by atoms with Crippen molar-refractivity contribution in [3.05, 3.63) is 29.8 Å². The zero-order valence-electron chi connectivity index (χ0n) is 15.0. The van der Waals surface area contributed by atoms with Crippen LogP contribution in [0.15, 0.2) is 24.3 Å². The van der Waals surface area contributed by atoms with Crippen LogP contribution in [0.1, 0.15) is 38.2 Å². The molecule has 1 saturated carbocycles. The third-order valence-electron chi connectivity index (χ3n) is 5.20. The molecule has 0 spiro atoms. The van der Waals surface area contributed by atoms with Crippen molar-refractivity contribution in [2.24, 2.45) is 5.92 Å². The Balaban J connectivity index is 1.71. The molecule has 7 nitrogen and oxygen atoms in total. The number of para-hydroxylation sites is 1. The first kappa shape index (κ1) is 18.1. The third-order valence-corrected chi connectivity index (χ3v) is 5.20. The molecule has 1 aliphatic carbocycles. The first-order valence-electron chi connectivity index (χ1n) is 8.94. The van der Waals surface area contributed by atoms with Crippen LogP contribution >= 0.6 is 0 Å². The van der Waals surface area contributed by atoms with Crippen molar-refractivity contribution in [3.63, 3.8) is 0 Å². The largest absolute Gasteiger partial charge is 0.334 e. The van der Waals surface area contributed by atoms with Gasteiger partial charge in [-0.2, -0.15) is 0 Å². The zero-order valence-corrected chi connectivity index (χ0v) is 15.0. The maximum Gasteiger partial charge on any atom is 0.334 e. The number of carbonyl (C=O) groups is 4. The lowest BCUT2D eigenvalue weighted by molar-refractivity contribution is -0.145. The van der Waals surface area contributed by atoms with E-state index in [0.717, 1.165) is 34.6 Å². The van der Waals surface area contributed by atoms with Crippen molar-refractivity contribution in [1.29, 1.82) is 0 Å². The normalized spacial score (nSPS) is 23.5. The fourth-order valence-corrected chi connectivity index (χ4v) is 3.68. The van der Waals surface area contributed by atoms with Gasteiger partial charge in [-0.3, -0.25) is 19.3 Å². The molecule has 1 aromatic rings. The molecule has 0 aromatic heterocycles. The summed E-state index contributed by atoms with van der Waals surface area (Å²) in [5.41, 5.74) is 1.48. The van der Waals surface area contributed by atoms with Gasteiger partial charge in [0.05, 0.1) is 0 Å². The number of urea groups is 1. The summed E-state index contributed by atoms with van der Waals surface area (Å²) < 4.78 is 0. The van der Waals surface area contributed by atoms with Gasteiger partial charge in [0, 0.05) is 11.7 Å². The number of imide groups is 2. The van der Waals surface area contributed by atoms with Crippen LogP contribution < -0.4 is 5.32 Å². The standard InChI is InChI=1S/C19H23N3O4/c1-12-7-3-5-9-14(12)20-16(23)11-21-17(24)18(25)22(19(21)26)15-10-6-4-8-13(15)2/h3,5,7,9,13,15H,4,6,8,10-11H2,1-2H3,(H,20,23)/t13-,15-/m1/s1. The smallest absolute Gasteiger partial charge is 0.324 e. The van der Waals surface area contributed by atoms with Crippen LogP contribution in [0.4, 0.5) is 10.5 Å². The van der Waals surface area contributed by atoms with Gasteiger partial charge in [-0.05, 0) is 37.3 Å². The highest BCUT2D eigenvalue weighted by molar-refractivity contribution is 6.45. The lowest BCUT2D eigenvalue weighted by Crippen LogP contribution is -2.46. The topological polar surface area (TPSA) is 86.8 Å². The van der Waals surface area contributed by atoms with Crippen LogP contribution in [0, 0.1) is 12.8 Å². The van der Waals surface area contributed by atoms with Gasteiger partial charge in [-0.15, -0.1) is 0 Å². The maximum atomic E-state index is 12.7. The van der Waals surface area contributed by atoms with Gasteiger partial charge >= 0.3 is 17.8 Å². The summed E-state index contributed by atoms with van der Waals surface area (Å²) in [5, 5.41) is 2.68. The van der Waals surface area contributed by atoms with Gasteiger partial charge in [0.25, 0.3) is 0 Å². The van der Waals surface area contributed by atoms with Crippen LogP contribution in [0.5, 0.6) is 0 Å². The van der Waals surface area contributed by atoms with Crippen LogP contribution in [-0.2, 0) is 14.4 Å². The lowest BCUT2D eigenvalue weighted by Gasteiger charge is -2.34. The first-order valence-corrected chi connectivity index (χ1v) is 8.94. The minimum atomic E-state index is -0.923. The summed E-state index contributed by atoms with van der Waals surface area (Å²) in [6.45, 7) is 3.37. The van der Waals surface area contributed by atoms with E-state index < -0.39 is 30.3 Å². The molecule has 7 heteroatoms. The van der Waals surface area contributed by atoms with E-state index in [1.165, 1.54) is 0 Å². The van der Waals surface area contributed by atoms with E-state index in [-0.39, 0.29) is 12.0 Å². The number of aryl methyl sites for hydroxylation is 1. The number of amides is 5. The summed E-state index contributed by atoms with van der Waals surface area (Å²) in [4.78, 5) is 51.4. The highest BCUT2D eigenvalue weighted by Crippen LogP contribution is 2.31. The van der Waals surface area contributed by atoms with Crippen molar-refractivity contribution < 1.29 is 19.2 Å². The van der Waals surface area contributed by atoms with Crippen LogP contribution in [0.2, 0.25) is 0 Å². The Labute approximate surface area is 152 Å². The fraction of sp³-hybridized carbons (Fsp3) is 0.474. The average molecular weight is 357 g/mol. The van der Waals surface area contributed by atoms with Gasteiger partial charge in [-0.25, -0.2) is 9.69 Å². The van der Waals surface area contributed by atoms with E-state index in [0.29, 0.717) is 12.1 Å². The van der Waals surface area contributed by atoms with Crippen LogP contribution in [0.25, 0.3) is 0 Å². The Bertz CT molecular complexity index is 761. The van der Waals surface area contributed by atoms with Crippen molar-refractivity contribution in [2.45, 2.75) is 45.6 Å². The highest BCUT2D eigenvalue weighted by atomic mass is 16.2. The molecule has 5 amide bonds. The Morgan fingerprint density at radius 1 is 1.12 bits per heavy atom. The van der Waals surface area contributed by atoms with Crippen molar-refractivity contribution in [2.75, 3.05) is 11.9 Å². The molecule has 2 aliphatic rings.